The summed E-state index contributed by atoms with van der Waals surface area (Å²) in [5.41, 5.74) is 1.97. The van der Waals surface area contributed by atoms with Crippen LogP contribution in [-0.4, -0.2) is 23.8 Å². The molecule has 2 rings (SSSR count). The third kappa shape index (κ3) is 3.48. The van der Waals surface area contributed by atoms with Crippen LogP contribution in [0, 0.1) is 6.92 Å². The first kappa shape index (κ1) is 15.7. The van der Waals surface area contributed by atoms with Gasteiger partial charge in [-0.3, -0.25) is 4.79 Å². The number of aryl methyl sites for hydroxylation is 1. The summed E-state index contributed by atoms with van der Waals surface area (Å²) in [5.74, 6) is -0.837. The highest BCUT2D eigenvalue weighted by atomic mass is 79.9. The number of carbonyl (C=O) groups is 2. The zero-order valence-electron chi connectivity index (χ0n) is 11.7. The van der Waals surface area contributed by atoms with Crippen LogP contribution in [0.5, 0.6) is 0 Å². The molecule has 0 aliphatic carbocycles. The predicted molar refractivity (Wildman–Crippen MR) is 85.6 cm³/mol. The van der Waals surface area contributed by atoms with Crippen LogP contribution >= 0.6 is 27.3 Å². The van der Waals surface area contributed by atoms with Gasteiger partial charge in [-0.2, -0.15) is 0 Å². The van der Waals surface area contributed by atoms with E-state index in [4.69, 9.17) is 0 Å². The Bertz CT molecular complexity index is 712. The van der Waals surface area contributed by atoms with Crippen molar-refractivity contribution in [1.29, 1.82) is 0 Å². The molecule has 0 aliphatic heterocycles. The van der Waals surface area contributed by atoms with Crippen LogP contribution in [0.15, 0.2) is 22.7 Å². The molecule has 0 saturated carbocycles. The molecule has 0 bridgehead atoms. The van der Waals surface area contributed by atoms with Gasteiger partial charge in [-0.1, -0.05) is 17.4 Å². The average molecular weight is 369 g/mol. The Morgan fingerprint density at radius 2 is 2.10 bits per heavy atom. The summed E-state index contributed by atoms with van der Waals surface area (Å²) in [4.78, 5) is 27.7. The molecule has 1 aromatic carbocycles. The number of anilines is 2. The van der Waals surface area contributed by atoms with Gasteiger partial charge in [-0.15, -0.1) is 0 Å². The van der Waals surface area contributed by atoms with Crippen molar-refractivity contribution in [2.45, 2.75) is 13.8 Å². The van der Waals surface area contributed by atoms with Gasteiger partial charge in [0.25, 0.3) is 0 Å². The van der Waals surface area contributed by atoms with Gasteiger partial charge >= 0.3 is 5.97 Å². The standard InChI is InChI=1S/C14H13BrN2O3S/c1-7-4-5-10(9(15)6-7)16-14-17-11(13(19)20-3)12(21-14)8(2)18/h4-6H,1-3H3,(H,16,17). The van der Waals surface area contributed by atoms with E-state index < -0.39 is 5.97 Å². The molecule has 0 spiro atoms. The van der Waals surface area contributed by atoms with Gasteiger partial charge in [0.1, 0.15) is 4.88 Å². The summed E-state index contributed by atoms with van der Waals surface area (Å²) in [6.45, 7) is 3.38. The van der Waals surface area contributed by atoms with E-state index in [2.05, 4.69) is 31.0 Å². The van der Waals surface area contributed by atoms with E-state index in [1.165, 1.54) is 14.0 Å². The molecule has 0 radical (unpaired) electrons. The van der Waals surface area contributed by atoms with Crippen molar-refractivity contribution in [1.82, 2.24) is 4.98 Å². The van der Waals surface area contributed by atoms with Crippen molar-refractivity contribution in [3.05, 3.63) is 38.8 Å². The highest BCUT2D eigenvalue weighted by Gasteiger charge is 2.22. The fraction of sp³-hybridized carbons (Fsp3) is 0.214. The molecule has 1 aromatic heterocycles. The third-order valence-corrected chi connectivity index (χ3v) is 4.42. The second kappa shape index (κ2) is 6.36. The number of hydrogen-bond donors (Lipinski definition) is 1. The lowest BCUT2D eigenvalue weighted by molar-refractivity contribution is 0.0591. The van der Waals surface area contributed by atoms with Gasteiger partial charge in [0.15, 0.2) is 16.6 Å². The Morgan fingerprint density at radius 1 is 1.38 bits per heavy atom. The van der Waals surface area contributed by atoms with Crippen LogP contribution in [0.2, 0.25) is 0 Å². The van der Waals surface area contributed by atoms with E-state index in [1.54, 1.807) is 0 Å². The highest BCUT2D eigenvalue weighted by Crippen LogP contribution is 2.31. The number of rotatable bonds is 4. The first-order chi connectivity index (χ1) is 9.92. The fourth-order valence-corrected chi connectivity index (χ4v) is 3.14. The van der Waals surface area contributed by atoms with Gasteiger partial charge in [0, 0.05) is 11.4 Å². The minimum Gasteiger partial charge on any atom is -0.464 e. The number of halogens is 1. The Labute approximate surface area is 134 Å². The molecule has 1 heterocycles. The number of thiazole rings is 1. The van der Waals surface area contributed by atoms with Crippen molar-refractivity contribution in [2.75, 3.05) is 12.4 Å². The maximum Gasteiger partial charge on any atom is 0.358 e. The maximum absolute atomic E-state index is 11.6. The normalized spacial score (nSPS) is 10.3. The zero-order valence-corrected chi connectivity index (χ0v) is 14.1. The van der Waals surface area contributed by atoms with Crippen molar-refractivity contribution in [3.63, 3.8) is 0 Å². The van der Waals surface area contributed by atoms with Gasteiger partial charge in [-0.05, 0) is 40.5 Å². The monoisotopic (exact) mass is 368 g/mol. The van der Waals surface area contributed by atoms with Crippen molar-refractivity contribution in [2.24, 2.45) is 0 Å². The summed E-state index contributed by atoms with van der Waals surface area (Å²) in [6, 6.07) is 5.81. The first-order valence-corrected chi connectivity index (χ1v) is 7.66. The van der Waals surface area contributed by atoms with Crippen LogP contribution in [0.3, 0.4) is 0 Å². The lowest BCUT2D eigenvalue weighted by Crippen LogP contribution is -2.07. The van der Waals surface area contributed by atoms with E-state index in [0.29, 0.717) is 5.13 Å². The Balaban J connectivity index is 2.37. The summed E-state index contributed by atoms with van der Waals surface area (Å²) in [7, 11) is 1.26. The number of nitrogens with zero attached hydrogens (tertiary/aromatic N) is 1. The Morgan fingerprint density at radius 3 is 2.67 bits per heavy atom. The second-order valence-corrected chi connectivity index (χ2v) is 6.21. The van der Waals surface area contributed by atoms with E-state index in [1.807, 2.05) is 25.1 Å². The molecular weight excluding hydrogens is 356 g/mol. The molecule has 0 saturated heterocycles. The minimum atomic E-state index is -0.618. The lowest BCUT2D eigenvalue weighted by atomic mass is 10.2. The molecular formula is C14H13BrN2O3S. The zero-order chi connectivity index (χ0) is 15.6. The van der Waals surface area contributed by atoms with Crippen molar-refractivity contribution in [3.8, 4) is 0 Å². The first-order valence-electron chi connectivity index (χ1n) is 6.05. The van der Waals surface area contributed by atoms with Crippen LogP contribution in [0.25, 0.3) is 0 Å². The van der Waals surface area contributed by atoms with Crippen LogP contribution in [0.4, 0.5) is 10.8 Å². The number of Topliss-reactive ketones (excluding diaryl/α,β-unsaturated/α-hetero) is 1. The third-order valence-electron chi connectivity index (χ3n) is 2.69. The van der Waals surface area contributed by atoms with Crippen LogP contribution < -0.4 is 5.32 Å². The van der Waals surface area contributed by atoms with Crippen molar-refractivity contribution < 1.29 is 14.3 Å². The van der Waals surface area contributed by atoms with E-state index in [-0.39, 0.29) is 16.4 Å². The summed E-state index contributed by atoms with van der Waals surface area (Å²) >= 11 is 4.58. The van der Waals surface area contributed by atoms with Gasteiger partial charge in [-0.25, -0.2) is 9.78 Å². The topological polar surface area (TPSA) is 68.3 Å². The summed E-state index contributed by atoms with van der Waals surface area (Å²) in [5, 5.41) is 3.56. The number of carbonyl (C=O) groups excluding carboxylic acids is 2. The number of aromatic nitrogens is 1. The summed E-state index contributed by atoms with van der Waals surface area (Å²) < 4.78 is 5.52. The van der Waals surface area contributed by atoms with E-state index in [0.717, 1.165) is 27.1 Å². The predicted octanol–water partition coefficient (Wildman–Crippen LogP) is 3.95. The molecule has 110 valence electrons. The maximum atomic E-state index is 11.6. The molecule has 2 aromatic rings. The number of methoxy groups -OCH3 is 1. The van der Waals surface area contributed by atoms with E-state index in [9.17, 15) is 9.59 Å². The molecule has 0 unspecified atom stereocenters. The van der Waals surface area contributed by atoms with Crippen LogP contribution in [-0.2, 0) is 4.74 Å². The molecule has 0 atom stereocenters. The van der Waals surface area contributed by atoms with Gasteiger partial charge < -0.3 is 10.1 Å². The molecule has 0 aliphatic rings. The SMILES string of the molecule is COC(=O)c1nc(Nc2ccc(C)cc2Br)sc1C(C)=O. The highest BCUT2D eigenvalue weighted by molar-refractivity contribution is 9.10. The Kier molecular flexibility index (Phi) is 4.74. The largest absolute Gasteiger partial charge is 0.464 e. The molecule has 0 fully saturated rings. The molecule has 7 heteroatoms. The number of nitrogens with one attached hydrogen (secondary N) is 1. The number of esters is 1. The minimum absolute atomic E-state index is 0.0423. The number of ketones is 1. The average Bonchev–Trinajstić information content (AvgIpc) is 2.85. The molecule has 0 amide bonds. The van der Waals surface area contributed by atoms with Gasteiger partial charge in [0.2, 0.25) is 0 Å². The van der Waals surface area contributed by atoms with Crippen LogP contribution in [0.1, 0.15) is 32.6 Å². The summed E-state index contributed by atoms with van der Waals surface area (Å²) in [6.07, 6.45) is 0. The lowest BCUT2D eigenvalue weighted by Gasteiger charge is -2.05. The number of ether oxygens (including phenoxy) is 1. The number of hydrogen-bond acceptors (Lipinski definition) is 6. The molecule has 21 heavy (non-hydrogen) atoms. The fourth-order valence-electron chi connectivity index (χ4n) is 1.68. The quantitative estimate of drug-likeness (QED) is 0.653. The second-order valence-electron chi connectivity index (χ2n) is 4.35. The van der Waals surface area contributed by atoms with Crippen molar-refractivity contribution >= 4 is 49.8 Å². The van der Waals surface area contributed by atoms with E-state index >= 15 is 0 Å². The molecule has 1 N–H and O–H groups in total. The smallest absolute Gasteiger partial charge is 0.358 e. The molecule has 5 nitrogen and oxygen atoms in total. The number of benzene rings is 1. The Hall–Kier alpha value is -1.73. The van der Waals surface area contributed by atoms with Gasteiger partial charge in [0.05, 0.1) is 12.8 Å².